The molecule has 1 aliphatic carbocycles. The van der Waals surface area contributed by atoms with Gasteiger partial charge in [-0.2, -0.15) is 0 Å². The Morgan fingerprint density at radius 3 is 2.67 bits per heavy atom. The van der Waals surface area contributed by atoms with Crippen LogP contribution < -0.4 is 15.4 Å². The van der Waals surface area contributed by atoms with Gasteiger partial charge in [0.2, 0.25) is 10.0 Å². The zero-order chi connectivity index (χ0) is 15.0. The van der Waals surface area contributed by atoms with Gasteiger partial charge in [0, 0.05) is 19.1 Å². The third kappa shape index (κ3) is 3.30. The van der Waals surface area contributed by atoms with Crippen LogP contribution in [0.1, 0.15) is 25.7 Å². The number of nitrogens with zero attached hydrogens (tertiary/aromatic N) is 1. The first-order valence-corrected chi connectivity index (χ1v) is 8.79. The lowest BCUT2D eigenvalue weighted by Crippen LogP contribution is -2.38. The van der Waals surface area contributed by atoms with Crippen molar-refractivity contribution in [1.29, 1.82) is 0 Å². The molecule has 1 atom stereocenters. The van der Waals surface area contributed by atoms with Crippen molar-refractivity contribution in [3.8, 4) is 0 Å². The fourth-order valence-corrected chi connectivity index (χ4v) is 3.99. The molecule has 4 N–H and O–H groups in total. The van der Waals surface area contributed by atoms with Gasteiger partial charge in [0.1, 0.15) is 0 Å². The summed E-state index contributed by atoms with van der Waals surface area (Å²) in [6, 6.07) is 4.89. The van der Waals surface area contributed by atoms with Crippen molar-refractivity contribution in [1.82, 2.24) is 4.72 Å². The maximum absolute atomic E-state index is 12.2. The van der Waals surface area contributed by atoms with Crippen molar-refractivity contribution in [3.05, 3.63) is 18.2 Å². The smallest absolute Gasteiger partial charge is 0.240 e. The average Bonchev–Trinajstić information content (AvgIpc) is 3.21. The van der Waals surface area contributed by atoms with Gasteiger partial charge < -0.3 is 15.7 Å². The van der Waals surface area contributed by atoms with Gasteiger partial charge in [-0.05, 0) is 43.9 Å². The number of nitrogens with one attached hydrogen (secondary N) is 1. The second-order valence-electron chi connectivity index (χ2n) is 5.86. The fourth-order valence-electron chi connectivity index (χ4n) is 2.65. The summed E-state index contributed by atoms with van der Waals surface area (Å²) in [7, 11) is -3.48. The van der Waals surface area contributed by atoms with Crippen LogP contribution in [0.4, 0.5) is 11.4 Å². The minimum absolute atomic E-state index is 0.0770. The molecule has 2 aliphatic rings. The van der Waals surface area contributed by atoms with E-state index in [4.69, 9.17) is 5.73 Å². The van der Waals surface area contributed by atoms with Gasteiger partial charge in [-0.25, -0.2) is 13.1 Å². The zero-order valence-corrected chi connectivity index (χ0v) is 12.6. The van der Waals surface area contributed by atoms with Gasteiger partial charge in [-0.1, -0.05) is 0 Å². The molecule has 0 amide bonds. The molecule has 116 valence electrons. The largest absolute Gasteiger partial charge is 0.397 e. The van der Waals surface area contributed by atoms with E-state index in [1.165, 1.54) is 6.07 Å². The Labute approximate surface area is 125 Å². The topological polar surface area (TPSA) is 95.7 Å². The molecule has 0 spiro atoms. The molecule has 1 heterocycles. The van der Waals surface area contributed by atoms with Crippen LogP contribution in [0.2, 0.25) is 0 Å². The number of piperidine rings is 1. The average molecular weight is 311 g/mol. The van der Waals surface area contributed by atoms with Gasteiger partial charge in [0.05, 0.1) is 22.4 Å². The molecule has 1 saturated heterocycles. The number of hydrogen-bond acceptors (Lipinski definition) is 5. The molecule has 1 unspecified atom stereocenters. The van der Waals surface area contributed by atoms with Crippen molar-refractivity contribution >= 4 is 21.4 Å². The van der Waals surface area contributed by atoms with Crippen molar-refractivity contribution in [2.45, 2.75) is 42.7 Å². The summed E-state index contributed by atoms with van der Waals surface area (Å²) in [5.41, 5.74) is 7.25. The molecule has 1 aromatic carbocycles. The molecule has 1 aromatic rings. The van der Waals surface area contributed by atoms with E-state index in [0.29, 0.717) is 12.2 Å². The number of rotatable bonds is 4. The van der Waals surface area contributed by atoms with Crippen LogP contribution in [-0.2, 0) is 10.0 Å². The number of benzene rings is 1. The van der Waals surface area contributed by atoms with Crippen molar-refractivity contribution in [2.24, 2.45) is 0 Å². The van der Waals surface area contributed by atoms with Crippen molar-refractivity contribution in [2.75, 3.05) is 23.7 Å². The molecule has 6 nitrogen and oxygen atoms in total. The maximum atomic E-state index is 12.2. The predicted molar refractivity (Wildman–Crippen MR) is 81.7 cm³/mol. The van der Waals surface area contributed by atoms with E-state index in [9.17, 15) is 13.5 Å². The third-order valence-electron chi connectivity index (χ3n) is 3.95. The molecule has 0 bridgehead atoms. The standard InChI is InChI=1S/C14H21N3O3S/c15-13-8-12(21(19,20)16-10-3-4-10)5-6-14(13)17-7-1-2-11(18)9-17/h5-6,8,10-11,16,18H,1-4,7,9,15H2. The number of hydrogen-bond donors (Lipinski definition) is 3. The first-order valence-electron chi connectivity index (χ1n) is 7.30. The maximum Gasteiger partial charge on any atom is 0.240 e. The van der Waals surface area contributed by atoms with Crippen molar-refractivity contribution in [3.63, 3.8) is 0 Å². The van der Waals surface area contributed by atoms with E-state index in [1.54, 1.807) is 12.1 Å². The van der Waals surface area contributed by atoms with Gasteiger partial charge in [0.25, 0.3) is 0 Å². The van der Waals surface area contributed by atoms with Crippen LogP contribution in [0.25, 0.3) is 0 Å². The number of sulfonamides is 1. The van der Waals surface area contributed by atoms with Gasteiger partial charge in [-0.3, -0.25) is 0 Å². The minimum atomic E-state index is -3.48. The van der Waals surface area contributed by atoms with Crippen LogP contribution >= 0.6 is 0 Å². The van der Waals surface area contributed by atoms with Crippen LogP contribution in [0.5, 0.6) is 0 Å². The summed E-state index contributed by atoms with van der Waals surface area (Å²) in [6.45, 7) is 1.37. The number of aliphatic hydroxyl groups is 1. The van der Waals surface area contributed by atoms with Gasteiger partial charge in [0.15, 0.2) is 0 Å². The lowest BCUT2D eigenvalue weighted by molar-refractivity contribution is 0.154. The predicted octanol–water partition coefficient (Wildman–Crippen LogP) is 0.671. The second kappa shape index (κ2) is 5.47. The Balaban J connectivity index is 1.82. The molecule has 3 rings (SSSR count). The van der Waals surface area contributed by atoms with Crippen LogP contribution in [0.15, 0.2) is 23.1 Å². The number of aliphatic hydroxyl groups excluding tert-OH is 1. The van der Waals surface area contributed by atoms with E-state index >= 15 is 0 Å². The Morgan fingerprint density at radius 1 is 1.29 bits per heavy atom. The summed E-state index contributed by atoms with van der Waals surface area (Å²) in [5.74, 6) is 0. The van der Waals surface area contributed by atoms with E-state index in [0.717, 1.165) is 37.9 Å². The summed E-state index contributed by atoms with van der Waals surface area (Å²) in [4.78, 5) is 2.21. The summed E-state index contributed by atoms with van der Waals surface area (Å²) >= 11 is 0. The van der Waals surface area contributed by atoms with E-state index in [1.807, 2.05) is 4.90 Å². The van der Waals surface area contributed by atoms with Gasteiger partial charge in [-0.15, -0.1) is 0 Å². The highest BCUT2D eigenvalue weighted by Gasteiger charge is 2.28. The first kappa shape index (κ1) is 14.6. The second-order valence-corrected chi connectivity index (χ2v) is 7.57. The highest BCUT2D eigenvalue weighted by Crippen LogP contribution is 2.29. The minimum Gasteiger partial charge on any atom is -0.397 e. The molecule has 2 fully saturated rings. The molecule has 7 heteroatoms. The fraction of sp³-hybridized carbons (Fsp3) is 0.571. The Bertz CT molecular complexity index is 628. The molecule has 0 radical (unpaired) electrons. The number of anilines is 2. The van der Waals surface area contributed by atoms with Gasteiger partial charge >= 0.3 is 0 Å². The van der Waals surface area contributed by atoms with E-state index in [2.05, 4.69) is 4.72 Å². The number of nitrogen functional groups attached to an aromatic ring is 1. The first-order chi connectivity index (χ1) is 9.95. The molecule has 0 aromatic heterocycles. The summed E-state index contributed by atoms with van der Waals surface area (Å²) in [5, 5.41) is 9.73. The summed E-state index contributed by atoms with van der Waals surface area (Å²) in [6.07, 6.45) is 3.16. The quantitative estimate of drug-likeness (QED) is 0.710. The number of nitrogens with two attached hydrogens (primary N) is 1. The lowest BCUT2D eigenvalue weighted by atomic mass is 10.1. The highest BCUT2D eigenvalue weighted by molar-refractivity contribution is 7.89. The van der Waals surface area contributed by atoms with Crippen molar-refractivity contribution < 1.29 is 13.5 Å². The lowest BCUT2D eigenvalue weighted by Gasteiger charge is -2.32. The molecule has 21 heavy (non-hydrogen) atoms. The molecular weight excluding hydrogens is 290 g/mol. The SMILES string of the molecule is Nc1cc(S(=O)(=O)NC2CC2)ccc1N1CCCC(O)C1. The Morgan fingerprint density at radius 2 is 2.05 bits per heavy atom. The number of β-amino-alcohol motifs (C(OH)–C–C–N with tert-alkyl or cyclic N) is 1. The molecule has 1 saturated carbocycles. The third-order valence-corrected chi connectivity index (χ3v) is 5.46. The van der Waals surface area contributed by atoms with E-state index < -0.39 is 10.0 Å². The van der Waals surface area contributed by atoms with Crippen LogP contribution in [0, 0.1) is 0 Å². The highest BCUT2D eigenvalue weighted by atomic mass is 32.2. The Kier molecular flexibility index (Phi) is 3.81. The zero-order valence-electron chi connectivity index (χ0n) is 11.8. The van der Waals surface area contributed by atoms with E-state index in [-0.39, 0.29) is 17.0 Å². The van der Waals surface area contributed by atoms with Crippen LogP contribution in [-0.4, -0.2) is 38.8 Å². The monoisotopic (exact) mass is 311 g/mol. The Hall–Kier alpha value is -1.31. The summed E-state index contributed by atoms with van der Waals surface area (Å²) < 4.78 is 27.0. The molecular formula is C14H21N3O3S. The normalized spacial score (nSPS) is 23.3. The van der Waals surface area contributed by atoms with Crippen LogP contribution in [0.3, 0.4) is 0 Å². The molecule has 1 aliphatic heterocycles.